The summed E-state index contributed by atoms with van der Waals surface area (Å²) in [4.78, 5) is 53.8. The van der Waals surface area contributed by atoms with E-state index in [1.807, 2.05) is 31.2 Å². The summed E-state index contributed by atoms with van der Waals surface area (Å²) in [5, 5.41) is 2.77. The van der Waals surface area contributed by atoms with Crippen molar-refractivity contribution in [1.82, 2.24) is 4.90 Å². The Labute approximate surface area is 283 Å². The third-order valence-electron chi connectivity index (χ3n) is 7.29. The van der Waals surface area contributed by atoms with Gasteiger partial charge in [-0.15, -0.1) is 0 Å². The maximum atomic E-state index is 13.4. The standard InChI is InChI=1S/C38H48N2O8/c1-24-19-29(32(46-11)22-31(24)45-10)26-15-17-27(18-16-26)30(41)21-33(42)39-28-14-12-13-25(20-28)23-40(35(44)48-37(5,6)7)38(8,9)34(43)47-36(2,3)4/h12-20,22H,21,23H2,1-11H3,(H,39,42). The number of ketones is 1. The van der Waals surface area contributed by atoms with Crippen LogP contribution in [0, 0.1) is 6.92 Å². The molecule has 0 aliphatic rings. The molecule has 0 aliphatic heterocycles. The molecule has 258 valence electrons. The van der Waals surface area contributed by atoms with E-state index >= 15 is 0 Å². The molecule has 48 heavy (non-hydrogen) atoms. The number of anilines is 1. The summed E-state index contributed by atoms with van der Waals surface area (Å²) in [5.74, 6) is -0.0742. The Morgan fingerprint density at radius 1 is 0.750 bits per heavy atom. The van der Waals surface area contributed by atoms with Crippen LogP contribution in [0.3, 0.4) is 0 Å². The highest BCUT2D eigenvalue weighted by molar-refractivity contribution is 6.11. The largest absolute Gasteiger partial charge is 0.496 e. The first-order chi connectivity index (χ1) is 22.2. The van der Waals surface area contributed by atoms with Gasteiger partial charge in [0.2, 0.25) is 5.91 Å². The van der Waals surface area contributed by atoms with Gasteiger partial charge in [0.15, 0.2) is 5.78 Å². The average molecular weight is 661 g/mol. The van der Waals surface area contributed by atoms with E-state index in [1.165, 1.54) is 4.90 Å². The van der Waals surface area contributed by atoms with Gasteiger partial charge in [0.1, 0.15) is 28.2 Å². The lowest BCUT2D eigenvalue weighted by Crippen LogP contribution is -2.55. The second-order valence-electron chi connectivity index (χ2n) is 14.1. The SMILES string of the molecule is COc1cc(OC)c(-c2ccc(C(=O)CC(=O)Nc3cccc(CN(C(=O)OC(C)(C)C)C(C)(C)C(=O)OC(C)(C)C)c3)cc2)cc1C. The fourth-order valence-corrected chi connectivity index (χ4v) is 4.82. The van der Waals surface area contributed by atoms with Crippen LogP contribution in [0.25, 0.3) is 11.1 Å². The normalized spacial score (nSPS) is 11.7. The van der Waals surface area contributed by atoms with Gasteiger partial charge in [-0.25, -0.2) is 9.59 Å². The first-order valence-electron chi connectivity index (χ1n) is 15.7. The molecular formula is C38H48N2O8. The molecule has 0 radical (unpaired) electrons. The second-order valence-corrected chi connectivity index (χ2v) is 14.1. The Hall–Kier alpha value is -4.86. The molecule has 1 N–H and O–H groups in total. The lowest BCUT2D eigenvalue weighted by atomic mass is 9.99. The molecule has 0 atom stereocenters. The number of esters is 1. The number of Topliss-reactive ketones (excluding diaryl/α,β-unsaturated/α-hetero) is 1. The van der Waals surface area contributed by atoms with Crippen molar-refractivity contribution in [3.8, 4) is 22.6 Å². The number of nitrogens with zero attached hydrogens (tertiary/aromatic N) is 1. The number of carbonyl (C=O) groups excluding carboxylic acids is 4. The third-order valence-corrected chi connectivity index (χ3v) is 7.29. The highest BCUT2D eigenvalue weighted by atomic mass is 16.6. The smallest absolute Gasteiger partial charge is 0.411 e. The molecule has 0 fully saturated rings. The summed E-state index contributed by atoms with van der Waals surface area (Å²) in [7, 11) is 3.19. The molecule has 0 unspecified atom stereocenters. The molecule has 3 rings (SSSR count). The molecule has 0 aliphatic carbocycles. The topological polar surface area (TPSA) is 120 Å². The minimum Gasteiger partial charge on any atom is -0.496 e. The van der Waals surface area contributed by atoms with E-state index in [4.69, 9.17) is 18.9 Å². The molecule has 10 heteroatoms. The van der Waals surface area contributed by atoms with Crippen LogP contribution in [0.15, 0.2) is 60.7 Å². The van der Waals surface area contributed by atoms with Crippen molar-refractivity contribution >= 4 is 29.4 Å². The van der Waals surface area contributed by atoms with Crippen LogP contribution in [0.4, 0.5) is 10.5 Å². The molecule has 0 saturated heterocycles. The lowest BCUT2D eigenvalue weighted by Gasteiger charge is -2.39. The van der Waals surface area contributed by atoms with Crippen molar-refractivity contribution in [3.63, 3.8) is 0 Å². The molecule has 3 aromatic carbocycles. The number of rotatable bonds is 11. The highest BCUT2D eigenvalue weighted by Gasteiger charge is 2.42. The van der Waals surface area contributed by atoms with Crippen LogP contribution in [0.5, 0.6) is 11.5 Å². The summed E-state index contributed by atoms with van der Waals surface area (Å²) in [6.07, 6.45) is -1.06. The number of benzene rings is 3. The van der Waals surface area contributed by atoms with Gasteiger partial charge in [-0.3, -0.25) is 14.5 Å². The Kier molecular flexibility index (Phi) is 11.7. The monoisotopic (exact) mass is 660 g/mol. The zero-order valence-electron chi connectivity index (χ0n) is 29.9. The average Bonchev–Trinajstić information content (AvgIpc) is 2.98. The number of amides is 2. The van der Waals surface area contributed by atoms with Crippen molar-refractivity contribution in [2.45, 2.75) is 92.0 Å². The van der Waals surface area contributed by atoms with Gasteiger partial charge in [0.05, 0.1) is 27.2 Å². The van der Waals surface area contributed by atoms with Crippen molar-refractivity contribution < 1.29 is 38.1 Å². The van der Waals surface area contributed by atoms with Crippen molar-refractivity contribution in [3.05, 3.63) is 77.4 Å². The van der Waals surface area contributed by atoms with E-state index in [-0.39, 0.29) is 18.7 Å². The van der Waals surface area contributed by atoms with E-state index < -0.39 is 34.7 Å². The Morgan fingerprint density at radius 3 is 1.92 bits per heavy atom. The van der Waals surface area contributed by atoms with Gasteiger partial charge in [0.25, 0.3) is 0 Å². The number of nitrogens with one attached hydrogen (secondary N) is 1. The number of methoxy groups -OCH3 is 2. The fourth-order valence-electron chi connectivity index (χ4n) is 4.82. The van der Waals surface area contributed by atoms with Gasteiger partial charge in [-0.1, -0.05) is 36.4 Å². The summed E-state index contributed by atoms with van der Waals surface area (Å²) in [6.45, 7) is 15.6. The van der Waals surface area contributed by atoms with Crippen molar-refractivity contribution in [1.29, 1.82) is 0 Å². The van der Waals surface area contributed by atoms with Gasteiger partial charge >= 0.3 is 12.1 Å². The molecule has 0 aromatic heterocycles. The summed E-state index contributed by atoms with van der Waals surface area (Å²) in [5.41, 5.74) is 1.15. The van der Waals surface area contributed by atoms with Crippen LogP contribution in [-0.4, -0.2) is 59.6 Å². The summed E-state index contributed by atoms with van der Waals surface area (Å²) in [6, 6.07) is 17.6. The third kappa shape index (κ3) is 10.1. The van der Waals surface area contributed by atoms with Crippen LogP contribution in [0.2, 0.25) is 0 Å². The fraction of sp³-hybridized carbons (Fsp3) is 0.421. The molecule has 0 spiro atoms. The van der Waals surface area contributed by atoms with Crippen molar-refractivity contribution in [2.75, 3.05) is 19.5 Å². The van der Waals surface area contributed by atoms with Crippen LogP contribution in [-0.2, 0) is 25.6 Å². The molecule has 0 bridgehead atoms. The van der Waals surface area contributed by atoms with Crippen LogP contribution in [0.1, 0.15) is 83.3 Å². The van der Waals surface area contributed by atoms with E-state index in [0.29, 0.717) is 28.3 Å². The number of ether oxygens (including phenoxy) is 4. The first-order valence-corrected chi connectivity index (χ1v) is 15.7. The lowest BCUT2D eigenvalue weighted by molar-refractivity contribution is -0.167. The van der Waals surface area contributed by atoms with Gasteiger partial charge in [0, 0.05) is 22.9 Å². The minimum atomic E-state index is -1.38. The highest BCUT2D eigenvalue weighted by Crippen LogP contribution is 2.36. The Bertz CT molecular complexity index is 1650. The summed E-state index contributed by atoms with van der Waals surface area (Å²) < 4.78 is 22.2. The molecule has 2 amide bonds. The zero-order valence-corrected chi connectivity index (χ0v) is 29.9. The molecule has 10 nitrogen and oxygen atoms in total. The van der Waals surface area contributed by atoms with Crippen LogP contribution < -0.4 is 14.8 Å². The second kappa shape index (κ2) is 14.9. The first kappa shape index (κ1) is 37.6. The maximum Gasteiger partial charge on any atom is 0.411 e. The number of aryl methyl sites for hydroxylation is 1. The number of carbonyl (C=O) groups is 4. The summed E-state index contributed by atoms with van der Waals surface area (Å²) >= 11 is 0. The van der Waals surface area contributed by atoms with Crippen LogP contribution >= 0.6 is 0 Å². The van der Waals surface area contributed by atoms with E-state index in [9.17, 15) is 19.2 Å². The quantitative estimate of drug-likeness (QED) is 0.126. The number of hydrogen-bond donors (Lipinski definition) is 1. The number of hydrogen-bond acceptors (Lipinski definition) is 8. The zero-order chi connectivity index (χ0) is 36.0. The molecular weight excluding hydrogens is 612 g/mol. The molecule has 3 aromatic rings. The minimum absolute atomic E-state index is 0.00531. The van der Waals surface area contributed by atoms with Gasteiger partial charge in [-0.05, 0) is 97.2 Å². The van der Waals surface area contributed by atoms with Crippen molar-refractivity contribution in [2.24, 2.45) is 0 Å². The van der Waals surface area contributed by atoms with Gasteiger partial charge in [-0.2, -0.15) is 0 Å². The van der Waals surface area contributed by atoms with E-state index in [1.54, 1.807) is 106 Å². The Morgan fingerprint density at radius 2 is 1.35 bits per heavy atom. The molecule has 0 heterocycles. The van der Waals surface area contributed by atoms with Gasteiger partial charge < -0.3 is 24.3 Å². The predicted octanol–water partition coefficient (Wildman–Crippen LogP) is 7.75. The predicted molar refractivity (Wildman–Crippen MR) is 185 cm³/mol. The maximum absolute atomic E-state index is 13.4. The van der Waals surface area contributed by atoms with E-state index in [2.05, 4.69) is 5.32 Å². The Balaban J connectivity index is 1.75. The molecule has 0 saturated carbocycles. The van der Waals surface area contributed by atoms with E-state index in [0.717, 1.165) is 16.7 Å².